The van der Waals surface area contributed by atoms with Crippen molar-refractivity contribution in [3.8, 4) is 17.2 Å². The number of aromatic nitrogens is 1. The van der Waals surface area contributed by atoms with Crippen molar-refractivity contribution in [1.29, 1.82) is 0 Å². The summed E-state index contributed by atoms with van der Waals surface area (Å²) in [7, 11) is 4.86. The molecular formula is C23H30N4O3. The zero-order valence-corrected chi connectivity index (χ0v) is 18.0. The first kappa shape index (κ1) is 21.4. The summed E-state index contributed by atoms with van der Waals surface area (Å²) >= 11 is 0. The molecule has 0 radical (unpaired) electrons. The molecule has 2 aromatic carbocycles. The molecule has 1 aromatic heterocycles. The van der Waals surface area contributed by atoms with E-state index in [1.54, 1.807) is 21.3 Å². The summed E-state index contributed by atoms with van der Waals surface area (Å²) in [5.74, 6) is 2.76. The Kier molecular flexibility index (Phi) is 7.43. The minimum Gasteiger partial charge on any atom is -0.496 e. The number of nitrogens with zero attached hydrogens (tertiary/aromatic N) is 1. The summed E-state index contributed by atoms with van der Waals surface area (Å²) in [5.41, 5.74) is 3.37. The third-order valence-corrected chi connectivity index (χ3v) is 4.90. The van der Waals surface area contributed by atoms with Crippen molar-refractivity contribution in [1.82, 2.24) is 15.6 Å². The first-order valence-corrected chi connectivity index (χ1v) is 10.1. The molecule has 3 N–H and O–H groups in total. The lowest BCUT2D eigenvalue weighted by Gasteiger charge is -2.14. The van der Waals surface area contributed by atoms with E-state index in [0.717, 1.165) is 36.6 Å². The van der Waals surface area contributed by atoms with Crippen LogP contribution in [0.1, 0.15) is 18.1 Å². The molecule has 0 saturated heterocycles. The SMILES string of the molecule is CCNC(=NCc1cc(OC)c(OC)cc1OC)NCCc1c[nH]c2ccccc12. The van der Waals surface area contributed by atoms with Crippen LogP contribution >= 0.6 is 0 Å². The minimum atomic E-state index is 0.450. The normalized spacial score (nSPS) is 11.4. The van der Waals surface area contributed by atoms with Crippen molar-refractivity contribution in [3.63, 3.8) is 0 Å². The predicted molar refractivity (Wildman–Crippen MR) is 121 cm³/mol. The monoisotopic (exact) mass is 410 g/mol. The molecule has 0 unspecified atom stereocenters. The Hall–Kier alpha value is -3.35. The number of nitrogens with one attached hydrogen (secondary N) is 3. The second kappa shape index (κ2) is 10.4. The fraction of sp³-hybridized carbons (Fsp3) is 0.348. The van der Waals surface area contributed by atoms with Gasteiger partial charge >= 0.3 is 0 Å². The molecule has 0 fully saturated rings. The minimum absolute atomic E-state index is 0.450. The highest BCUT2D eigenvalue weighted by Crippen LogP contribution is 2.34. The molecular weight excluding hydrogens is 380 g/mol. The van der Waals surface area contributed by atoms with Crippen molar-refractivity contribution in [2.75, 3.05) is 34.4 Å². The molecule has 0 amide bonds. The lowest BCUT2D eigenvalue weighted by molar-refractivity contribution is 0.347. The van der Waals surface area contributed by atoms with E-state index in [1.807, 2.05) is 25.1 Å². The molecule has 160 valence electrons. The maximum Gasteiger partial charge on any atom is 0.191 e. The highest BCUT2D eigenvalue weighted by Gasteiger charge is 2.12. The van der Waals surface area contributed by atoms with E-state index in [-0.39, 0.29) is 0 Å². The molecule has 7 nitrogen and oxygen atoms in total. The van der Waals surface area contributed by atoms with Crippen LogP contribution in [0.2, 0.25) is 0 Å². The number of ether oxygens (including phenoxy) is 3. The Morgan fingerprint density at radius 2 is 1.67 bits per heavy atom. The van der Waals surface area contributed by atoms with Gasteiger partial charge in [0, 0.05) is 41.8 Å². The zero-order valence-electron chi connectivity index (χ0n) is 18.0. The summed E-state index contributed by atoms with van der Waals surface area (Å²) in [4.78, 5) is 8.04. The smallest absolute Gasteiger partial charge is 0.191 e. The van der Waals surface area contributed by atoms with Crippen molar-refractivity contribution in [2.45, 2.75) is 19.9 Å². The van der Waals surface area contributed by atoms with Crippen molar-refractivity contribution < 1.29 is 14.2 Å². The lowest BCUT2D eigenvalue weighted by atomic mass is 10.1. The molecule has 30 heavy (non-hydrogen) atoms. The van der Waals surface area contributed by atoms with E-state index in [0.29, 0.717) is 23.8 Å². The van der Waals surface area contributed by atoms with Crippen LogP contribution in [0.15, 0.2) is 47.6 Å². The van der Waals surface area contributed by atoms with Crippen LogP contribution < -0.4 is 24.8 Å². The number of rotatable bonds is 9. The standard InChI is InChI=1S/C23H30N4O3/c1-5-24-23(25-11-10-16-14-26-19-9-7-6-8-18(16)19)27-15-17-12-21(29-3)22(30-4)13-20(17)28-2/h6-9,12-14,26H,5,10-11,15H2,1-4H3,(H2,24,25,27). The molecule has 0 atom stereocenters. The van der Waals surface area contributed by atoms with Gasteiger partial charge in [0.1, 0.15) is 5.75 Å². The molecule has 3 aromatic rings. The Balaban J connectivity index is 1.68. The average Bonchev–Trinajstić information content (AvgIpc) is 3.20. The van der Waals surface area contributed by atoms with Gasteiger partial charge in [0.05, 0.1) is 27.9 Å². The first-order chi connectivity index (χ1) is 14.7. The van der Waals surface area contributed by atoms with Gasteiger partial charge in [-0.05, 0) is 31.0 Å². The van der Waals surface area contributed by atoms with Gasteiger partial charge in [-0.1, -0.05) is 18.2 Å². The van der Waals surface area contributed by atoms with Crippen molar-refractivity contribution >= 4 is 16.9 Å². The maximum atomic E-state index is 5.50. The molecule has 0 bridgehead atoms. The van der Waals surface area contributed by atoms with E-state index in [9.17, 15) is 0 Å². The molecule has 0 spiro atoms. The van der Waals surface area contributed by atoms with E-state index >= 15 is 0 Å². The predicted octanol–water partition coefficient (Wildman–Crippen LogP) is 3.49. The van der Waals surface area contributed by atoms with Gasteiger partial charge in [-0.3, -0.25) is 0 Å². The topological polar surface area (TPSA) is 79.9 Å². The Morgan fingerprint density at radius 1 is 0.933 bits per heavy atom. The Bertz CT molecular complexity index is 997. The number of para-hydroxylation sites is 1. The fourth-order valence-corrected chi connectivity index (χ4v) is 3.38. The third kappa shape index (κ3) is 4.97. The van der Waals surface area contributed by atoms with Gasteiger partial charge in [0.2, 0.25) is 0 Å². The fourth-order valence-electron chi connectivity index (χ4n) is 3.38. The number of fused-ring (bicyclic) bond motifs is 1. The van der Waals surface area contributed by atoms with Crippen molar-refractivity contribution in [2.24, 2.45) is 4.99 Å². The van der Waals surface area contributed by atoms with Gasteiger partial charge in [0.15, 0.2) is 17.5 Å². The number of methoxy groups -OCH3 is 3. The number of guanidine groups is 1. The average molecular weight is 411 g/mol. The van der Waals surface area contributed by atoms with E-state index in [1.165, 1.54) is 10.9 Å². The summed E-state index contributed by atoms with van der Waals surface area (Å²) < 4.78 is 16.3. The summed E-state index contributed by atoms with van der Waals surface area (Å²) in [6.45, 7) is 4.05. The van der Waals surface area contributed by atoms with Gasteiger partial charge in [0.25, 0.3) is 0 Å². The number of benzene rings is 2. The summed E-state index contributed by atoms with van der Waals surface area (Å²) in [6.07, 6.45) is 2.97. The van der Waals surface area contributed by atoms with Gasteiger partial charge in [-0.25, -0.2) is 4.99 Å². The zero-order chi connectivity index (χ0) is 21.3. The van der Waals surface area contributed by atoms with Crippen LogP contribution in [0.4, 0.5) is 0 Å². The lowest BCUT2D eigenvalue weighted by Crippen LogP contribution is -2.38. The number of hydrogen-bond donors (Lipinski definition) is 3. The first-order valence-electron chi connectivity index (χ1n) is 10.1. The largest absolute Gasteiger partial charge is 0.496 e. The van der Waals surface area contributed by atoms with Crippen LogP contribution in [0.25, 0.3) is 10.9 Å². The van der Waals surface area contributed by atoms with E-state index in [4.69, 9.17) is 19.2 Å². The molecule has 1 heterocycles. The van der Waals surface area contributed by atoms with Crippen LogP contribution in [0.5, 0.6) is 17.2 Å². The van der Waals surface area contributed by atoms with Crippen LogP contribution in [-0.2, 0) is 13.0 Å². The number of H-pyrrole nitrogens is 1. The third-order valence-electron chi connectivity index (χ3n) is 4.90. The van der Waals surface area contributed by atoms with Gasteiger partial charge in [-0.2, -0.15) is 0 Å². The van der Waals surface area contributed by atoms with Crippen molar-refractivity contribution in [3.05, 3.63) is 53.7 Å². The van der Waals surface area contributed by atoms with Gasteiger partial charge < -0.3 is 29.8 Å². The Labute approximate surface area is 177 Å². The Morgan fingerprint density at radius 3 is 2.40 bits per heavy atom. The van der Waals surface area contributed by atoms with E-state index < -0.39 is 0 Å². The van der Waals surface area contributed by atoms with Crippen LogP contribution in [-0.4, -0.2) is 45.4 Å². The molecule has 0 aliphatic heterocycles. The highest BCUT2D eigenvalue weighted by atomic mass is 16.5. The van der Waals surface area contributed by atoms with Crippen LogP contribution in [0.3, 0.4) is 0 Å². The summed E-state index contributed by atoms with van der Waals surface area (Å²) in [6, 6.07) is 12.1. The van der Waals surface area contributed by atoms with E-state index in [2.05, 4.69) is 40.0 Å². The second-order valence-corrected chi connectivity index (χ2v) is 6.75. The second-order valence-electron chi connectivity index (χ2n) is 6.75. The molecule has 0 saturated carbocycles. The summed E-state index contributed by atoms with van der Waals surface area (Å²) in [5, 5.41) is 7.96. The molecule has 0 aliphatic carbocycles. The number of aromatic amines is 1. The molecule has 7 heteroatoms. The molecule has 0 aliphatic rings. The molecule has 3 rings (SSSR count). The number of hydrogen-bond acceptors (Lipinski definition) is 4. The number of aliphatic imine (C=N–C) groups is 1. The quantitative estimate of drug-likeness (QED) is 0.372. The van der Waals surface area contributed by atoms with Gasteiger partial charge in [-0.15, -0.1) is 0 Å². The highest BCUT2D eigenvalue weighted by molar-refractivity contribution is 5.83. The maximum absolute atomic E-state index is 5.50. The van der Waals surface area contributed by atoms with Crippen LogP contribution in [0, 0.1) is 0 Å².